The van der Waals surface area contributed by atoms with E-state index in [1.165, 1.54) is 19.3 Å². The predicted octanol–water partition coefficient (Wildman–Crippen LogP) is 2.83. The van der Waals surface area contributed by atoms with Crippen LogP contribution in [0.15, 0.2) is 24.3 Å². The summed E-state index contributed by atoms with van der Waals surface area (Å²) in [4.78, 5) is 14.1. The lowest BCUT2D eigenvalue weighted by Gasteiger charge is -2.28. The number of piperidine rings is 1. The number of amides is 1. The minimum atomic E-state index is -0.113. The van der Waals surface area contributed by atoms with Crippen molar-refractivity contribution in [2.75, 3.05) is 13.6 Å². The lowest BCUT2D eigenvalue weighted by atomic mass is 10.00. The summed E-state index contributed by atoms with van der Waals surface area (Å²) < 4.78 is 0. The van der Waals surface area contributed by atoms with Gasteiger partial charge in [-0.3, -0.25) is 4.79 Å². The van der Waals surface area contributed by atoms with Crippen LogP contribution in [0.4, 0.5) is 0 Å². The summed E-state index contributed by atoms with van der Waals surface area (Å²) in [5.41, 5.74) is 0.796. The first-order valence-corrected chi connectivity index (χ1v) is 7.86. The molecule has 0 bridgehead atoms. The Balaban J connectivity index is 1.88. The maximum absolute atomic E-state index is 12.3. The topological polar surface area (TPSA) is 52.6 Å². The van der Waals surface area contributed by atoms with Gasteiger partial charge in [0, 0.05) is 25.1 Å². The number of hydrogen-bond donors (Lipinski definition) is 2. The highest BCUT2D eigenvalue weighted by Gasteiger charge is 2.21. The highest BCUT2D eigenvalue weighted by Crippen LogP contribution is 2.27. The molecule has 1 aliphatic heterocycles. The van der Waals surface area contributed by atoms with Crippen molar-refractivity contribution in [2.24, 2.45) is 0 Å². The summed E-state index contributed by atoms with van der Waals surface area (Å²) in [6, 6.07) is 7.58. The van der Waals surface area contributed by atoms with E-state index in [1.54, 1.807) is 17.0 Å². The summed E-state index contributed by atoms with van der Waals surface area (Å²) >= 11 is 0. The third-order valence-electron chi connectivity index (χ3n) is 4.48. The molecule has 0 aliphatic carbocycles. The zero-order chi connectivity index (χ0) is 15.2. The fraction of sp³-hybridized carbons (Fsp3) is 0.588. The van der Waals surface area contributed by atoms with Gasteiger partial charge in [-0.25, -0.2) is 0 Å². The van der Waals surface area contributed by atoms with Crippen LogP contribution in [0.25, 0.3) is 0 Å². The van der Waals surface area contributed by atoms with Crippen molar-refractivity contribution in [3.63, 3.8) is 0 Å². The monoisotopic (exact) mass is 290 g/mol. The SMILES string of the molecule is CC(c1ccccc1O)N(C)C(=O)CCC1CCCCN1. The van der Waals surface area contributed by atoms with Crippen LogP contribution in [-0.2, 0) is 4.79 Å². The minimum absolute atomic E-state index is 0.113. The largest absolute Gasteiger partial charge is 0.508 e. The molecule has 1 amide bonds. The average molecular weight is 290 g/mol. The Bertz CT molecular complexity index is 470. The Hall–Kier alpha value is -1.55. The number of nitrogens with one attached hydrogen (secondary N) is 1. The lowest BCUT2D eigenvalue weighted by molar-refractivity contribution is -0.132. The minimum Gasteiger partial charge on any atom is -0.508 e. The van der Waals surface area contributed by atoms with Crippen LogP contribution < -0.4 is 5.32 Å². The number of hydrogen-bond acceptors (Lipinski definition) is 3. The van der Waals surface area contributed by atoms with E-state index in [0.29, 0.717) is 12.5 Å². The van der Waals surface area contributed by atoms with E-state index in [1.807, 2.05) is 26.1 Å². The second-order valence-electron chi connectivity index (χ2n) is 5.92. The van der Waals surface area contributed by atoms with Crippen LogP contribution in [0.5, 0.6) is 5.75 Å². The average Bonchev–Trinajstić information content (AvgIpc) is 2.52. The molecule has 1 saturated heterocycles. The van der Waals surface area contributed by atoms with Crippen molar-refractivity contribution in [3.8, 4) is 5.75 Å². The Labute approximate surface area is 127 Å². The molecule has 116 valence electrons. The van der Waals surface area contributed by atoms with Crippen LogP contribution in [0.2, 0.25) is 0 Å². The Morgan fingerprint density at radius 3 is 2.86 bits per heavy atom. The van der Waals surface area contributed by atoms with Gasteiger partial charge in [-0.05, 0) is 38.8 Å². The molecule has 21 heavy (non-hydrogen) atoms. The number of rotatable bonds is 5. The summed E-state index contributed by atoms with van der Waals surface area (Å²) in [6.45, 7) is 3.02. The number of carbonyl (C=O) groups excluding carboxylic acids is 1. The Morgan fingerprint density at radius 2 is 2.19 bits per heavy atom. The fourth-order valence-corrected chi connectivity index (χ4v) is 2.91. The molecular formula is C17H26N2O2. The Kier molecular flexibility index (Phi) is 5.62. The van der Waals surface area contributed by atoms with Gasteiger partial charge in [0.15, 0.2) is 0 Å². The molecule has 4 nitrogen and oxygen atoms in total. The molecule has 1 aromatic rings. The smallest absolute Gasteiger partial charge is 0.222 e. The highest BCUT2D eigenvalue weighted by molar-refractivity contribution is 5.76. The second-order valence-corrected chi connectivity index (χ2v) is 5.92. The lowest BCUT2D eigenvalue weighted by Crippen LogP contribution is -2.36. The molecule has 1 fully saturated rings. The van der Waals surface area contributed by atoms with Crippen molar-refractivity contribution in [1.29, 1.82) is 0 Å². The molecule has 0 spiro atoms. The fourth-order valence-electron chi connectivity index (χ4n) is 2.91. The summed E-state index contributed by atoms with van der Waals surface area (Å²) in [7, 11) is 1.81. The predicted molar refractivity (Wildman–Crippen MR) is 84.2 cm³/mol. The third kappa shape index (κ3) is 4.21. The van der Waals surface area contributed by atoms with E-state index >= 15 is 0 Å². The van der Waals surface area contributed by atoms with E-state index in [4.69, 9.17) is 0 Å². The highest BCUT2D eigenvalue weighted by atomic mass is 16.3. The van der Waals surface area contributed by atoms with E-state index < -0.39 is 0 Å². The first-order valence-electron chi connectivity index (χ1n) is 7.86. The van der Waals surface area contributed by atoms with Gasteiger partial charge in [-0.15, -0.1) is 0 Å². The molecule has 1 aromatic carbocycles. The van der Waals surface area contributed by atoms with Gasteiger partial charge in [-0.1, -0.05) is 24.6 Å². The molecule has 0 aromatic heterocycles. The van der Waals surface area contributed by atoms with E-state index in [0.717, 1.165) is 18.5 Å². The normalized spacial score (nSPS) is 20.0. The van der Waals surface area contributed by atoms with Crippen molar-refractivity contribution in [2.45, 2.75) is 51.1 Å². The summed E-state index contributed by atoms with van der Waals surface area (Å²) in [6.07, 6.45) is 5.14. The summed E-state index contributed by atoms with van der Waals surface area (Å²) in [5, 5.41) is 13.4. The number of phenolic OH excluding ortho intramolecular Hbond substituents is 1. The zero-order valence-corrected chi connectivity index (χ0v) is 13.0. The maximum atomic E-state index is 12.3. The number of carbonyl (C=O) groups is 1. The van der Waals surface area contributed by atoms with Crippen LogP contribution >= 0.6 is 0 Å². The number of benzene rings is 1. The van der Waals surface area contributed by atoms with Crippen molar-refractivity contribution in [1.82, 2.24) is 10.2 Å². The number of nitrogens with zero attached hydrogens (tertiary/aromatic N) is 1. The van der Waals surface area contributed by atoms with Gasteiger partial charge in [0.25, 0.3) is 0 Å². The van der Waals surface area contributed by atoms with Crippen molar-refractivity contribution in [3.05, 3.63) is 29.8 Å². The molecule has 4 heteroatoms. The number of para-hydroxylation sites is 1. The van der Waals surface area contributed by atoms with Crippen LogP contribution in [0, 0.1) is 0 Å². The summed E-state index contributed by atoms with van der Waals surface area (Å²) in [5.74, 6) is 0.386. The quantitative estimate of drug-likeness (QED) is 0.876. The van der Waals surface area contributed by atoms with E-state index in [9.17, 15) is 9.90 Å². The van der Waals surface area contributed by atoms with E-state index in [-0.39, 0.29) is 17.7 Å². The second kappa shape index (κ2) is 7.46. The Morgan fingerprint density at radius 1 is 1.43 bits per heavy atom. The molecular weight excluding hydrogens is 264 g/mol. The van der Waals surface area contributed by atoms with Gasteiger partial charge in [0.05, 0.1) is 6.04 Å². The van der Waals surface area contributed by atoms with Gasteiger partial charge < -0.3 is 15.3 Å². The van der Waals surface area contributed by atoms with Gasteiger partial charge >= 0.3 is 0 Å². The first kappa shape index (κ1) is 15.8. The number of phenols is 1. The molecule has 2 atom stereocenters. The first-order chi connectivity index (χ1) is 10.1. The van der Waals surface area contributed by atoms with Crippen molar-refractivity contribution < 1.29 is 9.90 Å². The van der Waals surface area contributed by atoms with E-state index in [2.05, 4.69) is 5.32 Å². The molecule has 0 radical (unpaired) electrons. The van der Waals surface area contributed by atoms with Crippen LogP contribution in [0.3, 0.4) is 0 Å². The van der Waals surface area contributed by atoms with Gasteiger partial charge in [0.2, 0.25) is 5.91 Å². The molecule has 2 N–H and O–H groups in total. The van der Waals surface area contributed by atoms with Crippen molar-refractivity contribution >= 4 is 5.91 Å². The third-order valence-corrected chi connectivity index (χ3v) is 4.48. The maximum Gasteiger partial charge on any atom is 0.222 e. The standard InChI is InChI=1S/C17H26N2O2/c1-13(15-8-3-4-9-16(15)20)19(2)17(21)11-10-14-7-5-6-12-18-14/h3-4,8-9,13-14,18,20H,5-7,10-12H2,1-2H3. The molecule has 2 unspecified atom stereocenters. The van der Waals surface area contributed by atoms with Gasteiger partial charge in [0.1, 0.15) is 5.75 Å². The van der Waals surface area contributed by atoms with Gasteiger partial charge in [-0.2, -0.15) is 0 Å². The van der Waals surface area contributed by atoms with Crippen LogP contribution in [0.1, 0.15) is 50.6 Å². The number of aromatic hydroxyl groups is 1. The molecule has 1 heterocycles. The molecule has 2 rings (SSSR count). The molecule has 0 saturated carbocycles. The zero-order valence-electron chi connectivity index (χ0n) is 13.0. The molecule has 1 aliphatic rings. The van der Waals surface area contributed by atoms with Crippen LogP contribution in [-0.4, -0.2) is 35.5 Å².